The number of ether oxygens (including phenoxy) is 2. The summed E-state index contributed by atoms with van der Waals surface area (Å²) in [5.74, 6) is 0.0813. The Hall–Kier alpha value is -1.04. The molecule has 3 rings (SSSR count). The van der Waals surface area contributed by atoms with Gasteiger partial charge in [0.05, 0.1) is 18.3 Å². The van der Waals surface area contributed by atoms with E-state index >= 15 is 0 Å². The Morgan fingerprint density at radius 3 is 2.48 bits per heavy atom. The number of hydrogen-bond donors (Lipinski definition) is 1. The van der Waals surface area contributed by atoms with E-state index in [4.69, 9.17) is 9.47 Å². The van der Waals surface area contributed by atoms with E-state index in [1.165, 1.54) is 12.1 Å². The lowest BCUT2D eigenvalue weighted by Crippen LogP contribution is -2.41. The van der Waals surface area contributed by atoms with Gasteiger partial charge in [0.25, 0.3) is 6.43 Å². The number of hydrogen-bond acceptors (Lipinski definition) is 3. The van der Waals surface area contributed by atoms with Gasteiger partial charge in [0, 0.05) is 25.2 Å². The van der Waals surface area contributed by atoms with Crippen LogP contribution in [0.15, 0.2) is 24.3 Å². The zero-order valence-electron chi connectivity index (χ0n) is 11.8. The normalized spacial score (nSPS) is 31.0. The van der Waals surface area contributed by atoms with E-state index in [1.54, 1.807) is 12.1 Å². The van der Waals surface area contributed by atoms with Gasteiger partial charge in [0.1, 0.15) is 0 Å². The Labute approximate surface area is 122 Å². The first-order valence-electron chi connectivity index (χ1n) is 7.37. The van der Waals surface area contributed by atoms with Crippen molar-refractivity contribution < 1.29 is 23.4 Å². The molecule has 1 spiro atoms. The third kappa shape index (κ3) is 3.10. The maximum absolute atomic E-state index is 12.6. The SMILES string of the molecule is OC(c1ccc(C(F)F)cc1)C1CCOC2(CCOC2)C1. The highest BCUT2D eigenvalue weighted by Crippen LogP contribution is 2.41. The van der Waals surface area contributed by atoms with Crippen molar-refractivity contribution in [3.63, 3.8) is 0 Å². The van der Waals surface area contributed by atoms with E-state index in [1.807, 2.05) is 0 Å². The molecule has 1 aromatic carbocycles. The number of aliphatic hydroxyl groups is 1. The highest BCUT2D eigenvalue weighted by Gasteiger charge is 2.42. The number of alkyl halides is 2. The Morgan fingerprint density at radius 1 is 1.14 bits per heavy atom. The van der Waals surface area contributed by atoms with Crippen molar-refractivity contribution in [2.24, 2.45) is 5.92 Å². The highest BCUT2D eigenvalue weighted by atomic mass is 19.3. The van der Waals surface area contributed by atoms with Crippen molar-refractivity contribution in [3.8, 4) is 0 Å². The summed E-state index contributed by atoms with van der Waals surface area (Å²) < 4.78 is 36.4. The minimum absolute atomic E-state index is 0.0152. The van der Waals surface area contributed by atoms with E-state index in [0.717, 1.165) is 19.3 Å². The van der Waals surface area contributed by atoms with E-state index in [9.17, 15) is 13.9 Å². The molecule has 1 N–H and O–H groups in total. The first kappa shape index (κ1) is 14.9. The molecule has 0 aliphatic carbocycles. The molecule has 2 heterocycles. The Kier molecular flexibility index (Phi) is 4.24. The Balaban J connectivity index is 1.70. The second-order valence-electron chi connectivity index (χ2n) is 6.00. The van der Waals surface area contributed by atoms with Gasteiger partial charge in [0.15, 0.2) is 0 Å². The molecule has 0 bridgehead atoms. The molecule has 2 saturated heterocycles. The van der Waals surface area contributed by atoms with Gasteiger partial charge in [-0.05, 0) is 24.3 Å². The van der Waals surface area contributed by atoms with E-state index in [-0.39, 0.29) is 17.1 Å². The van der Waals surface area contributed by atoms with Crippen LogP contribution in [-0.4, -0.2) is 30.5 Å². The second kappa shape index (κ2) is 5.99. The minimum Gasteiger partial charge on any atom is -0.388 e. The molecular formula is C16H20F2O3. The summed E-state index contributed by atoms with van der Waals surface area (Å²) in [6.45, 7) is 1.90. The lowest BCUT2D eigenvalue weighted by molar-refractivity contribution is -0.117. The molecule has 3 unspecified atom stereocenters. The third-order valence-electron chi connectivity index (χ3n) is 4.57. The van der Waals surface area contributed by atoms with Crippen molar-refractivity contribution in [1.82, 2.24) is 0 Å². The fraction of sp³-hybridized carbons (Fsp3) is 0.625. The van der Waals surface area contributed by atoms with E-state index < -0.39 is 12.5 Å². The first-order valence-corrected chi connectivity index (χ1v) is 7.37. The number of benzene rings is 1. The summed E-state index contributed by atoms with van der Waals surface area (Å²) in [5.41, 5.74) is 0.422. The molecule has 0 saturated carbocycles. The van der Waals surface area contributed by atoms with Crippen LogP contribution >= 0.6 is 0 Å². The zero-order chi connectivity index (χ0) is 14.9. The molecule has 3 atom stereocenters. The predicted molar refractivity (Wildman–Crippen MR) is 73.2 cm³/mol. The molecule has 0 aromatic heterocycles. The number of halogens is 2. The summed E-state index contributed by atoms with van der Waals surface area (Å²) in [6.07, 6.45) is -0.721. The summed E-state index contributed by atoms with van der Waals surface area (Å²) in [7, 11) is 0. The van der Waals surface area contributed by atoms with Gasteiger partial charge in [0.2, 0.25) is 0 Å². The van der Waals surface area contributed by atoms with E-state index in [0.29, 0.717) is 25.4 Å². The molecule has 2 aliphatic rings. The molecule has 1 aromatic rings. The second-order valence-corrected chi connectivity index (χ2v) is 6.00. The third-order valence-corrected chi connectivity index (χ3v) is 4.57. The monoisotopic (exact) mass is 298 g/mol. The largest absolute Gasteiger partial charge is 0.388 e. The van der Waals surface area contributed by atoms with Crippen LogP contribution in [0.4, 0.5) is 8.78 Å². The van der Waals surface area contributed by atoms with E-state index in [2.05, 4.69) is 0 Å². The van der Waals surface area contributed by atoms with Crippen LogP contribution in [0.2, 0.25) is 0 Å². The Morgan fingerprint density at radius 2 is 1.86 bits per heavy atom. The van der Waals surface area contributed by atoms with Crippen LogP contribution in [0.3, 0.4) is 0 Å². The van der Waals surface area contributed by atoms with Crippen molar-refractivity contribution in [1.29, 1.82) is 0 Å². The highest BCUT2D eigenvalue weighted by molar-refractivity contribution is 5.25. The van der Waals surface area contributed by atoms with Gasteiger partial charge in [-0.15, -0.1) is 0 Å². The van der Waals surface area contributed by atoms with Crippen LogP contribution in [0.5, 0.6) is 0 Å². The molecule has 0 amide bonds. The van der Waals surface area contributed by atoms with Gasteiger partial charge >= 0.3 is 0 Å². The lowest BCUT2D eigenvalue weighted by Gasteiger charge is -2.39. The molecule has 116 valence electrons. The van der Waals surface area contributed by atoms with Crippen LogP contribution < -0.4 is 0 Å². The van der Waals surface area contributed by atoms with Crippen LogP contribution in [0.25, 0.3) is 0 Å². The van der Waals surface area contributed by atoms with Crippen LogP contribution in [0, 0.1) is 5.92 Å². The molecule has 3 nitrogen and oxygen atoms in total. The summed E-state index contributed by atoms with van der Waals surface area (Å²) >= 11 is 0. The standard InChI is InChI=1S/C16H20F2O3/c17-15(18)12-3-1-11(2-4-12)14(19)13-5-7-21-16(9-13)6-8-20-10-16/h1-4,13-15,19H,5-10H2. The summed E-state index contributed by atoms with van der Waals surface area (Å²) in [4.78, 5) is 0. The maximum Gasteiger partial charge on any atom is 0.263 e. The molecule has 5 heteroatoms. The quantitative estimate of drug-likeness (QED) is 0.931. The van der Waals surface area contributed by atoms with Crippen molar-refractivity contribution >= 4 is 0 Å². The van der Waals surface area contributed by atoms with Gasteiger partial charge in [-0.25, -0.2) is 8.78 Å². The van der Waals surface area contributed by atoms with Crippen molar-refractivity contribution in [2.75, 3.05) is 19.8 Å². The fourth-order valence-electron chi connectivity index (χ4n) is 3.31. The molecule has 21 heavy (non-hydrogen) atoms. The van der Waals surface area contributed by atoms with Gasteiger partial charge in [-0.1, -0.05) is 24.3 Å². The molecule has 2 aliphatic heterocycles. The molecule has 2 fully saturated rings. The molecule has 0 radical (unpaired) electrons. The van der Waals surface area contributed by atoms with Gasteiger partial charge in [-0.2, -0.15) is 0 Å². The maximum atomic E-state index is 12.6. The number of rotatable bonds is 3. The average Bonchev–Trinajstić information content (AvgIpc) is 2.94. The predicted octanol–water partition coefficient (Wildman–Crippen LogP) is 3.24. The molecular weight excluding hydrogens is 278 g/mol. The topological polar surface area (TPSA) is 38.7 Å². The number of aliphatic hydroxyl groups excluding tert-OH is 1. The fourth-order valence-corrected chi connectivity index (χ4v) is 3.31. The van der Waals surface area contributed by atoms with Gasteiger partial charge in [-0.3, -0.25) is 0 Å². The first-order chi connectivity index (χ1) is 10.1. The van der Waals surface area contributed by atoms with Gasteiger partial charge < -0.3 is 14.6 Å². The van der Waals surface area contributed by atoms with Crippen molar-refractivity contribution in [2.45, 2.75) is 37.4 Å². The average molecular weight is 298 g/mol. The minimum atomic E-state index is -2.47. The smallest absolute Gasteiger partial charge is 0.263 e. The van der Waals surface area contributed by atoms with Crippen LogP contribution in [-0.2, 0) is 9.47 Å². The Bertz CT molecular complexity index is 469. The van der Waals surface area contributed by atoms with Crippen molar-refractivity contribution in [3.05, 3.63) is 35.4 Å². The summed E-state index contributed by atoms with van der Waals surface area (Å²) in [5, 5.41) is 10.5. The summed E-state index contributed by atoms with van der Waals surface area (Å²) in [6, 6.07) is 5.97. The zero-order valence-corrected chi connectivity index (χ0v) is 11.8. The lowest BCUT2D eigenvalue weighted by atomic mass is 9.80. The van der Waals surface area contributed by atoms with Crippen LogP contribution in [0.1, 0.15) is 42.9 Å².